The number of para-hydroxylation sites is 1. The molecule has 0 spiro atoms. The minimum absolute atomic E-state index is 0.132. The number of phenolic OH excluding ortho intramolecular Hbond substituents is 2. The van der Waals surface area contributed by atoms with Crippen LogP contribution in [0.5, 0.6) is 11.5 Å². The van der Waals surface area contributed by atoms with Crippen LogP contribution in [0.4, 0.5) is 0 Å². The van der Waals surface area contributed by atoms with E-state index < -0.39 is 23.3 Å². The van der Waals surface area contributed by atoms with Crippen LogP contribution >= 0.6 is 0 Å². The van der Waals surface area contributed by atoms with Crippen LogP contribution in [0.25, 0.3) is 0 Å². The second-order valence-electron chi connectivity index (χ2n) is 3.80. The van der Waals surface area contributed by atoms with Gasteiger partial charge < -0.3 is 10.2 Å². The summed E-state index contributed by atoms with van der Waals surface area (Å²) in [5.74, 6) is -2.34. The number of hydrogen-bond acceptors (Lipinski definition) is 5. The summed E-state index contributed by atoms with van der Waals surface area (Å²) in [6.45, 7) is 0. The lowest BCUT2D eigenvalue weighted by molar-refractivity contribution is 0.0842. The Morgan fingerprint density at radius 3 is 2.40 bits per heavy atom. The highest BCUT2D eigenvalue weighted by Gasteiger charge is 2.15. The van der Waals surface area contributed by atoms with Crippen LogP contribution in [0.2, 0.25) is 0 Å². The van der Waals surface area contributed by atoms with E-state index in [1.807, 2.05) is 0 Å². The Balaban J connectivity index is 2.03. The number of carbonyl (C=O) groups is 2. The first-order valence-corrected chi connectivity index (χ1v) is 5.62. The second kappa shape index (κ2) is 5.70. The van der Waals surface area contributed by atoms with Crippen molar-refractivity contribution in [3.63, 3.8) is 0 Å². The van der Waals surface area contributed by atoms with Crippen molar-refractivity contribution in [2.75, 3.05) is 0 Å². The number of pyridine rings is 1. The van der Waals surface area contributed by atoms with Crippen molar-refractivity contribution in [2.45, 2.75) is 0 Å². The van der Waals surface area contributed by atoms with Gasteiger partial charge in [-0.3, -0.25) is 25.4 Å². The van der Waals surface area contributed by atoms with E-state index in [-0.39, 0.29) is 11.3 Å². The standard InChI is InChI=1S/C13H11N3O4/c17-10-6-3-4-8(11(10)18)12(19)15-16-13(20)9-5-1-2-7-14-9/h1-7,17-18H,(H,15,19)(H,16,20). The van der Waals surface area contributed by atoms with Gasteiger partial charge in [-0.25, -0.2) is 0 Å². The summed E-state index contributed by atoms with van der Waals surface area (Å²) >= 11 is 0. The third-order valence-corrected chi connectivity index (χ3v) is 2.45. The molecule has 0 aliphatic rings. The van der Waals surface area contributed by atoms with Crippen molar-refractivity contribution in [2.24, 2.45) is 0 Å². The van der Waals surface area contributed by atoms with Gasteiger partial charge in [-0.05, 0) is 24.3 Å². The largest absolute Gasteiger partial charge is 0.504 e. The third-order valence-electron chi connectivity index (χ3n) is 2.45. The maximum Gasteiger partial charge on any atom is 0.288 e. The van der Waals surface area contributed by atoms with Crippen LogP contribution in [-0.2, 0) is 0 Å². The molecule has 1 aromatic heterocycles. The van der Waals surface area contributed by atoms with E-state index in [0.717, 1.165) is 0 Å². The minimum Gasteiger partial charge on any atom is -0.504 e. The smallest absolute Gasteiger partial charge is 0.288 e. The summed E-state index contributed by atoms with van der Waals surface area (Å²) in [4.78, 5) is 27.2. The number of amides is 2. The van der Waals surface area contributed by atoms with E-state index in [2.05, 4.69) is 15.8 Å². The van der Waals surface area contributed by atoms with Crippen LogP contribution in [0.15, 0.2) is 42.6 Å². The Hall–Kier alpha value is -3.09. The number of aromatic hydroxyl groups is 2. The number of hydrogen-bond donors (Lipinski definition) is 4. The molecular formula is C13H11N3O4. The van der Waals surface area contributed by atoms with Crippen LogP contribution in [-0.4, -0.2) is 27.0 Å². The van der Waals surface area contributed by atoms with Gasteiger partial charge in [0.05, 0.1) is 5.56 Å². The number of aromatic nitrogens is 1. The molecule has 0 atom stereocenters. The first-order valence-electron chi connectivity index (χ1n) is 5.62. The Labute approximate surface area is 113 Å². The normalized spacial score (nSPS) is 9.80. The van der Waals surface area contributed by atoms with Crippen molar-refractivity contribution in [3.8, 4) is 11.5 Å². The molecule has 0 saturated carbocycles. The predicted molar refractivity (Wildman–Crippen MR) is 68.9 cm³/mol. The Morgan fingerprint density at radius 2 is 1.70 bits per heavy atom. The molecule has 4 N–H and O–H groups in total. The molecule has 1 aromatic carbocycles. The first kappa shape index (κ1) is 13.3. The molecule has 1 heterocycles. The van der Waals surface area contributed by atoms with E-state index in [4.69, 9.17) is 0 Å². The summed E-state index contributed by atoms with van der Waals surface area (Å²) < 4.78 is 0. The molecule has 0 aliphatic heterocycles. The molecular weight excluding hydrogens is 262 g/mol. The Kier molecular flexibility index (Phi) is 3.80. The molecule has 2 aromatic rings. The van der Waals surface area contributed by atoms with Crippen molar-refractivity contribution in [3.05, 3.63) is 53.9 Å². The maximum atomic E-state index is 11.7. The second-order valence-corrected chi connectivity index (χ2v) is 3.80. The van der Waals surface area contributed by atoms with Gasteiger partial charge >= 0.3 is 0 Å². The van der Waals surface area contributed by atoms with Crippen molar-refractivity contribution in [1.82, 2.24) is 15.8 Å². The Morgan fingerprint density at radius 1 is 0.950 bits per heavy atom. The number of nitrogens with zero attached hydrogens (tertiary/aromatic N) is 1. The molecule has 7 nitrogen and oxygen atoms in total. The SMILES string of the molecule is O=C(NNC(=O)c1cccc(O)c1O)c1ccccn1. The fourth-order valence-electron chi connectivity index (χ4n) is 1.46. The van der Waals surface area contributed by atoms with E-state index in [1.165, 1.54) is 30.5 Å². The van der Waals surface area contributed by atoms with Gasteiger partial charge in [-0.1, -0.05) is 12.1 Å². The quantitative estimate of drug-likeness (QED) is 0.472. The summed E-state index contributed by atoms with van der Waals surface area (Å²) in [6, 6.07) is 8.69. The summed E-state index contributed by atoms with van der Waals surface area (Å²) in [6.07, 6.45) is 1.44. The van der Waals surface area contributed by atoms with Crippen LogP contribution in [0.1, 0.15) is 20.8 Å². The molecule has 102 valence electrons. The van der Waals surface area contributed by atoms with Crippen molar-refractivity contribution in [1.29, 1.82) is 0 Å². The van der Waals surface area contributed by atoms with E-state index in [1.54, 1.807) is 12.1 Å². The number of benzene rings is 1. The van der Waals surface area contributed by atoms with Crippen LogP contribution < -0.4 is 10.9 Å². The van der Waals surface area contributed by atoms with Crippen molar-refractivity contribution < 1.29 is 19.8 Å². The topological polar surface area (TPSA) is 112 Å². The molecule has 2 amide bonds. The zero-order chi connectivity index (χ0) is 14.5. The van der Waals surface area contributed by atoms with E-state index in [9.17, 15) is 19.8 Å². The molecule has 0 bridgehead atoms. The monoisotopic (exact) mass is 273 g/mol. The van der Waals surface area contributed by atoms with Gasteiger partial charge in [0.25, 0.3) is 11.8 Å². The lowest BCUT2D eigenvalue weighted by Crippen LogP contribution is -2.41. The third kappa shape index (κ3) is 2.83. The first-order chi connectivity index (χ1) is 9.59. The number of phenols is 2. The molecule has 0 fully saturated rings. The van der Waals surface area contributed by atoms with Gasteiger partial charge in [-0.2, -0.15) is 0 Å². The zero-order valence-electron chi connectivity index (χ0n) is 10.2. The van der Waals surface area contributed by atoms with Gasteiger partial charge in [0.1, 0.15) is 5.69 Å². The lowest BCUT2D eigenvalue weighted by atomic mass is 10.2. The summed E-state index contributed by atoms with van der Waals surface area (Å²) in [5.41, 5.74) is 4.24. The minimum atomic E-state index is -0.761. The maximum absolute atomic E-state index is 11.7. The number of nitrogens with one attached hydrogen (secondary N) is 2. The number of carbonyl (C=O) groups excluding carboxylic acids is 2. The average molecular weight is 273 g/mol. The molecule has 0 radical (unpaired) electrons. The summed E-state index contributed by atoms with van der Waals surface area (Å²) in [5, 5.41) is 18.8. The lowest BCUT2D eigenvalue weighted by Gasteiger charge is -2.08. The highest BCUT2D eigenvalue weighted by molar-refractivity contribution is 6.00. The fourth-order valence-corrected chi connectivity index (χ4v) is 1.46. The van der Waals surface area contributed by atoms with E-state index in [0.29, 0.717) is 0 Å². The van der Waals surface area contributed by atoms with Crippen LogP contribution in [0, 0.1) is 0 Å². The fraction of sp³-hybridized carbons (Fsp3) is 0. The zero-order valence-corrected chi connectivity index (χ0v) is 10.2. The predicted octanol–water partition coefficient (Wildman–Crippen LogP) is 0.568. The average Bonchev–Trinajstić information content (AvgIpc) is 2.48. The molecule has 0 unspecified atom stereocenters. The summed E-state index contributed by atoms with van der Waals surface area (Å²) in [7, 11) is 0. The van der Waals surface area contributed by atoms with Gasteiger partial charge in [0, 0.05) is 6.20 Å². The number of hydrazine groups is 1. The van der Waals surface area contributed by atoms with Crippen molar-refractivity contribution >= 4 is 11.8 Å². The molecule has 20 heavy (non-hydrogen) atoms. The molecule has 0 aliphatic carbocycles. The van der Waals surface area contributed by atoms with E-state index >= 15 is 0 Å². The van der Waals surface area contributed by atoms with Gasteiger partial charge in [0.2, 0.25) is 0 Å². The highest BCUT2D eigenvalue weighted by atomic mass is 16.3. The molecule has 7 heteroatoms. The highest BCUT2D eigenvalue weighted by Crippen LogP contribution is 2.27. The Bertz CT molecular complexity index is 643. The van der Waals surface area contributed by atoms with Crippen LogP contribution in [0.3, 0.4) is 0 Å². The molecule has 0 saturated heterocycles. The number of rotatable bonds is 2. The van der Waals surface area contributed by atoms with Gasteiger partial charge in [0.15, 0.2) is 11.5 Å². The van der Waals surface area contributed by atoms with Gasteiger partial charge in [-0.15, -0.1) is 0 Å². The molecule has 2 rings (SSSR count).